The molecule has 4 rings (SSSR count). The first-order valence-corrected chi connectivity index (χ1v) is 8.89. The van der Waals surface area contributed by atoms with Crippen molar-refractivity contribution in [2.24, 2.45) is 17.8 Å². The number of benzene rings is 1. The Balaban J connectivity index is 1.39. The summed E-state index contributed by atoms with van der Waals surface area (Å²) in [4.78, 5) is 24.7. The van der Waals surface area contributed by atoms with Gasteiger partial charge in [0.05, 0.1) is 11.3 Å². The molecule has 3 aliphatic carbocycles. The SMILES string of the molecule is O=C(C[C@@H]1C[C@H]2CC[C@@H]1C2)Nc1ccccc1C(=O)NC1CC1. The van der Waals surface area contributed by atoms with E-state index >= 15 is 0 Å². The number of carbonyl (C=O) groups is 2. The minimum absolute atomic E-state index is 0.0502. The molecule has 3 fully saturated rings. The highest BCUT2D eigenvalue weighted by atomic mass is 16.2. The quantitative estimate of drug-likeness (QED) is 0.876. The number of nitrogens with one attached hydrogen (secondary N) is 2. The Bertz CT molecular complexity index is 624. The Morgan fingerprint density at radius 2 is 1.87 bits per heavy atom. The van der Waals surface area contributed by atoms with E-state index in [2.05, 4.69) is 10.6 Å². The van der Waals surface area contributed by atoms with Gasteiger partial charge in [-0.05, 0) is 62.0 Å². The highest BCUT2D eigenvalue weighted by Gasteiger charge is 2.40. The average molecular weight is 312 g/mol. The largest absolute Gasteiger partial charge is 0.349 e. The first-order valence-electron chi connectivity index (χ1n) is 8.89. The van der Waals surface area contributed by atoms with Crippen molar-refractivity contribution in [1.82, 2.24) is 5.32 Å². The highest BCUT2D eigenvalue weighted by Crippen LogP contribution is 2.49. The lowest BCUT2D eigenvalue weighted by Crippen LogP contribution is -2.27. The summed E-state index contributed by atoms with van der Waals surface area (Å²) < 4.78 is 0. The van der Waals surface area contributed by atoms with Crippen molar-refractivity contribution in [2.45, 2.75) is 51.0 Å². The minimum atomic E-state index is -0.0803. The van der Waals surface area contributed by atoms with Crippen LogP contribution in [0.1, 0.15) is 55.3 Å². The number of carbonyl (C=O) groups excluding carboxylic acids is 2. The van der Waals surface area contributed by atoms with Gasteiger partial charge in [0, 0.05) is 12.5 Å². The van der Waals surface area contributed by atoms with E-state index in [1.807, 2.05) is 18.2 Å². The third kappa shape index (κ3) is 3.26. The Labute approximate surface area is 137 Å². The number of hydrogen-bond donors (Lipinski definition) is 2. The Hall–Kier alpha value is -1.84. The fourth-order valence-electron chi connectivity index (χ4n) is 4.35. The summed E-state index contributed by atoms with van der Waals surface area (Å²) >= 11 is 0. The molecule has 1 aromatic rings. The van der Waals surface area contributed by atoms with E-state index in [0.717, 1.165) is 24.7 Å². The Morgan fingerprint density at radius 1 is 1.04 bits per heavy atom. The molecular formula is C19H24N2O2. The molecule has 1 aromatic carbocycles. The first kappa shape index (κ1) is 14.7. The van der Waals surface area contributed by atoms with Gasteiger partial charge in [-0.15, -0.1) is 0 Å². The van der Waals surface area contributed by atoms with E-state index < -0.39 is 0 Å². The molecule has 4 nitrogen and oxygen atoms in total. The molecule has 0 heterocycles. The third-order valence-electron chi connectivity index (χ3n) is 5.69. The van der Waals surface area contributed by atoms with Gasteiger partial charge < -0.3 is 10.6 Å². The number of fused-ring (bicyclic) bond motifs is 2. The smallest absolute Gasteiger partial charge is 0.253 e. The summed E-state index contributed by atoms with van der Waals surface area (Å²) in [5, 5.41) is 5.96. The van der Waals surface area contributed by atoms with Crippen molar-refractivity contribution in [3.8, 4) is 0 Å². The van der Waals surface area contributed by atoms with Gasteiger partial charge in [-0.25, -0.2) is 0 Å². The van der Waals surface area contributed by atoms with Crippen molar-refractivity contribution in [3.63, 3.8) is 0 Å². The molecular weight excluding hydrogens is 288 g/mol. The fourth-order valence-corrected chi connectivity index (χ4v) is 4.35. The van der Waals surface area contributed by atoms with Crippen LogP contribution in [0.15, 0.2) is 24.3 Å². The number of anilines is 1. The van der Waals surface area contributed by atoms with Crippen LogP contribution in [0.3, 0.4) is 0 Å². The zero-order chi connectivity index (χ0) is 15.8. The second-order valence-corrected chi connectivity index (χ2v) is 7.48. The fraction of sp³-hybridized carbons (Fsp3) is 0.579. The van der Waals surface area contributed by atoms with Crippen LogP contribution < -0.4 is 10.6 Å². The van der Waals surface area contributed by atoms with Crippen LogP contribution in [0.25, 0.3) is 0 Å². The van der Waals surface area contributed by atoms with E-state index in [1.165, 1.54) is 25.7 Å². The Kier molecular flexibility index (Phi) is 3.83. The normalized spacial score (nSPS) is 28.6. The maximum atomic E-state index is 12.4. The first-order chi connectivity index (χ1) is 11.2. The van der Waals surface area contributed by atoms with Gasteiger partial charge >= 0.3 is 0 Å². The average Bonchev–Trinajstić information content (AvgIpc) is 3.10. The topological polar surface area (TPSA) is 58.2 Å². The van der Waals surface area contributed by atoms with Crippen molar-refractivity contribution < 1.29 is 9.59 Å². The molecule has 122 valence electrons. The van der Waals surface area contributed by atoms with Crippen LogP contribution in [0.5, 0.6) is 0 Å². The van der Waals surface area contributed by atoms with Gasteiger partial charge in [-0.3, -0.25) is 9.59 Å². The summed E-state index contributed by atoms with van der Waals surface area (Å²) in [6.45, 7) is 0. The number of rotatable bonds is 5. The second kappa shape index (κ2) is 5.99. The zero-order valence-corrected chi connectivity index (χ0v) is 13.4. The number of hydrogen-bond acceptors (Lipinski definition) is 2. The standard InChI is InChI=1S/C19H24N2O2/c22-18(11-14-10-12-5-6-13(14)9-12)21-17-4-2-1-3-16(17)19(23)20-15-7-8-15/h1-4,12-15H,5-11H2,(H,20,23)(H,21,22)/t12-,13+,14-/m0/s1. The van der Waals surface area contributed by atoms with Gasteiger partial charge in [-0.1, -0.05) is 18.6 Å². The van der Waals surface area contributed by atoms with E-state index in [9.17, 15) is 9.59 Å². The molecule has 2 amide bonds. The molecule has 2 bridgehead atoms. The van der Waals surface area contributed by atoms with Crippen molar-refractivity contribution in [1.29, 1.82) is 0 Å². The molecule has 23 heavy (non-hydrogen) atoms. The summed E-state index contributed by atoms with van der Waals surface area (Å²) in [6, 6.07) is 7.63. The monoisotopic (exact) mass is 312 g/mol. The van der Waals surface area contributed by atoms with Crippen LogP contribution in [-0.4, -0.2) is 17.9 Å². The molecule has 3 saturated carbocycles. The molecule has 0 aliphatic heterocycles. The lowest BCUT2D eigenvalue weighted by molar-refractivity contribution is -0.117. The van der Waals surface area contributed by atoms with Crippen molar-refractivity contribution in [3.05, 3.63) is 29.8 Å². The lowest BCUT2D eigenvalue weighted by Gasteiger charge is -2.21. The lowest BCUT2D eigenvalue weighted by atomic mass is 9.86. The minimum Gasteiger partial charge on any atom is -0.349 e. The van der Waals surface area contributed by atoms with Crippen LogP contribution >= 0.6 is 0 Å². The van der Waals surface area contributed by atoms with Crippen molar-refractivity contribution in [2.75, 3.05) is 5.32 Å². The predicted molar refractivity (Wildman–Crippen MR) is 89.1 cm³/mol. The van der Waals surface area contributed by atoms with Gasteiger partial charge in [0.1, 0.15) is 0 Å². The van der Waals surface area contributed by atoms with Gasteiger partial charge in [0.25, 0.3) is 5.91 Å². The van der Waals surface area contributed by atoms with Gasteiger partial charge in [0.2, 0.25) is 5.91 Å². The third-order valence-corrected chi connectivity index (χ3v) is 5.69. The summed E-state index contributed by atoms with van der Waals surface area (Å²) in [5.74, 6) is 2.12. The molecule has 0 saturated heterocycles. The van der Waals surface area contributed by atoms with Crippen LogP contribution in [0.2, 0.25) is 0 Å². The highest BCUT2D eigenvalue weighted by molar-refractivity contribution is 6.03. The van der Waals surface area contributed by atoms with Gasteiger partial charge in [0.15, 0.2) is 0 Å². The maximum Gasteiger partial charge on any atom is 0.253 e. The van der Waals surface area contributed by atoms with Crippen LogP contribution in [-0.2, 0) is 4.79 Å². The predicted octanol–water partition coefficient (Wildman–Crippen LogP) is 3.34. The zero-order valence-electron chi connectivity index (χ0n) is 13.4. The Morgan fingerprint density at radius 3 is 2.57 bits per heavy atom. The maximum absolute atomic E-state index is 12.4. The van der Waals surface area contributed by atoms with E-state index in [1.54, 1.807) is 6.07 Å². The molecule has 0 radical (unpaired) electrons. The van der Waals surface area contributed by atoms with E-state index in [-0.39, 0.29) is 11.8 Å². The second-order valence-electron chi connectivity index (χ2n) is 7.48. The molecule has 0 unspecified atom stereocenters. The van der Waals surface area contributed by atoms with E-state index in [0.29, 0.717) is 29.6 Å². The molecule has 3 aliphatic rings. The van der Waals surface area contributed by atoms with Gasteiger partial charge in [-0.2, -0.15) is 0 Å². The summed E-state index contributed by atoms with van der Waals surface area (Å²) in [7, 11) is 0. The number of amides is 2. The van der Waals surface area contributed by atoms with Crippen LogP contribution in [0.4, 0.5) is 5.69 Å². The molecule has 2 N–H and O–H groups in total. The summed E-state index contributed by atoms with van der Waals surface area (Å²) in [5.41, 5.74) is 1.21. The molecule has 0 spiro atoms. The van der Waals surface area contributed by atoms with E-state index in [4.69, 9.17) is 0 Å². The molecule has 0 aromatic heterocycles. The summed E-state index contributed by atoms with van der Waals surface area (Å²) in [6.07, 6.45) is 7.89. The van der Waals surface area contributed by atoms with Crippen LogP contribution in [0, 0.1) is 17.8 Å². The molecule has 3 atom stereocenters. The number of para-hydroxylation sites is 1. The molecule has 4 heteroatoms. The van der Waals surface area contributed by atoms with Crippen molar-refractivity contribution >= 4 is 17.5 Å².